The predicted octanol–water partition coefficient (Wildman–Crippen LogP) is 4.71. The first kappa shape index (κ1) is 25.0. The number of rotatable bonds is 8. The van der Waals surface area contributed by atoms with Crippen molar-refractivity contribution >= 4 is 23.7 Å². The second-order valence-corrected chi connectivity index (χ2v) is 9.89. The quantitative estimate of drug-likeness (QED) is 0.456. The summed E-state index contributed by atoms with van der Waals surface area (Å²) in [6, 6.07) is 23.7. The summed E-state index contributed by atoms with van der Waals surface area (Å²) >= 11 is 1.17. The molecule has 1 heterocycles. The van der Waals surface area contributed by atoms with Gasteiger partial charge in [-0.3, -0.25) is 0 Å². The maximum atomic E-state index is 12.9. The number of esters is 2. The lowest BCUT2D eigenvalue weighted by atomic mass is 10.1. The van der Waals surface area contributed by atoms with E-state index in [0.717, 1.165) is 16.7 Å². The highest BCUT2D eigenvalue weighted by atomic mass is 32.2. The average Bonchev–Trinajstić information content (AvgIpc) is 3.16. The van der Waals surface area contributed by atoms with Crippen LogP contribution in [0.3, 0.4) is 0 Å². The lowest BCUT2D eigenvalue weighted by Crippen LogP contribution is -2.40. The zero-order chi connectivity index (χ0) is 24.8. The van der Waals surface area contributed by atoms with Crippen LogP contribution in [-0.4, -0.2) is 46.5 Å². The molecule has 0 aromatic heterocycles. The van der Waals surface area contributed by atoms with Gasteiger partial charge in [0.25, 0.3) is 0 Å². The zero-order valence-electron chi connectivity index (χ0n) is 19.6. The van der Waals surface area contributed by atoms with Gasteiger partial charge < -0.3 is 19.3 Å². The minimum absolute atomic E-state index is 0.0362. The van der Waals surface area contributed by atoms with Crippen LogP contribution in [0.2, 0.25) is 0 Å². The first-order valence-electron chi connectivity index (χ1n) is 11.4. The van der Waals surface area contributed by atoms with Crippen LogP contribution >= 0.6 is 11.8 Å². The van der Waals surface area contributed by atoms with Crippen molar-refractivity contribution in [2.24, 2.45) is 0 Å². The van der Waals surface area contributed by atoms with E-state index < -0.39 is 34.8 Å². The number of aliphatic hydroxyl groups excluding tert-OH is 1. The number of thioether (sulfide) groups is 1. The summed E-state index contributed by atoms with van der Waals surface area (Å²) in [7, 11) is 0. The van der Waals surface area contributed by atoms with Crippen LogP contribution in [0, 0.1) is 13.8 Å². The van der Waals surface area contributed by atoms with Gasteiger partial charge in [0.05, 0.1) is 23.0 Å². The van der Waals surface area contributed by atoms with E-state index >= 15 is 0 Å². The van der Waals surface area contributed by atoms with Gasteiger partial charge in [0, 0.05) is 0 Å². The van der Waals surface area contributed by atoms with Crippen LogP contribution in [0.25, 0.3) is 0 Å². The molecule has 1 fully saturated rings. The molecule has 0 bridgehead atoms. The number of hydrogen-bond donors (Lipinski definition) is 1. The van der Waals surface area contributed by atoms with Crippen molar-refractivity contribution in [2.45, 2.75) is 43.3 Å². The highest BCUT2D eigenvalue weighted by molar-refractivity contribution is 8.00. The zero-order valence-corrected chi connectivity index (χ0v) is 20.4. The lowest BCUT2D eigenvalue weighted by molar-refractivity contribution is -0.0821. The largest absolute Gasteiger partial charge is 0.461 e. The van der Waals surface area contributed by atoms with E-state index in [1.165, 1.54) is 11.8 Å². The molecule has 0 radical (unpaired) electrons. The highest BCUT2D eigenvalue weighted by Gasteiger charge is 2.47. The summed E-state index contributed by atoms with van der Waals surface area (Å²) in [6.45, 7) is 4.09. The molecular formula is C28H28O6S. The van der Waals surface area contributed by atoms with E-state index in [2.05, 4.69) is 0 Å². The van der Waals surface area contributed by atoms with Crippen molar-refractivity contribution in [3.63, 3.8) is 0 Å². The van der Waals surface area contributed by atoms with E-state index in [4.69, 9.17) is 14.2 Å². The number of carbonyl (C=O) groups is 2. The molecule has 6 nitrogen and oxygen atoms in total. The molecule has 1 N–H and O–H groups in total. The molecule has 0 spiro atoms. The Balaban J connectivity index is 1.47. The summed E-state index contributed by atoms with van der Waals surface area (Å²) in [4.78, 5) is 25.4. The third kappa shape index (κ3) is 6.51. The van der Waals surface area contributed by atoms with Crippen LogP contribution in [0.4, 0.5) is 0 Å². The monoisotopic (exact) mass is 492 g/mol. The summed E-state index contributed by atoms with van der Waals surface area (Å²) in [5.74, 6) is -0.995. The van der Waals surface area contributed by atoms with Crippen LogP contribution in [0.5, 0.6) is 0 Å². The summed E-state index contributed by atoms with van der Waals surface area (Å²) in [5.41, 5.74) is 2.89. The number of aliphatic hydroxyl groups is 1. The molecule has 1 aliphatic heterocycles. The van der Waals surface area contributed by atoms with Crippen LogP contribution < -0.4 is 0 Å². The SMILES string of the molecule is Cc1ccc(C(=O)OC[C@@H]2SC(O)[C@H](OCc3ccccc3)[C@@H]2OC(=O)c2ccc(C)cc2)cc1. The van der Waals surface area contributed by atoms with Gasteiger partial charge in [-0.15, -0.1) is 11.8 Å². The number of ether oxygens (including phenoxy) is 3. The van der Waals surface area contributed by atoms with E-state index in [0.29, 0.717) is 11.1 Å². The predicted molar refractivity (Wildman–Crippen MR) is 134 cm³/mol. The van der Waals surface area contributed by atoms with Gasteiger partial charge in [0.1, 0.15) is 24.3 Å². The fourth-order valence-electron chi connectivity index (χ4n) is 3.74. The molecule has 0 amide bonds. The molecule has 1 unspecified atom stereocenters. The van der Waals surface area contributed by atoms with Gasteiger partial charge in [-0.25, -0.2) is 9.59 Å². The molecular weight excluding hydrogens is 464 g/mol. The minimum Gasteiger partial charge on any atom is -0.461 e. The molecule has 4 rings (SSSR count). The summed E-state index contributed by atoms with van der Waals surface area (Å²) < 4.78 is 17.4. The van der Waals surface area contributed by atoms with Gasteiger partial charge in [-0.1, -0.05) is 65.7 Å². The van der Waals surface area contributed by atoms with Crippen LogP contribution in [-0.2, 0) is 20.8 Å². The topological polar surface area (TPSA) is 82.1 Å². The Hall–Kier alpha value is -3.13. The molecule has 3 aromatic rings. The minimum atomic E-state index is -0.947. The Labute approximate surface area is 209 Å². The summed E-state index contributed by atoms with van der Waals surface area (Å²) in [6.07, 6.45) is -1.59. The second-order valence-electron chi connectivity index (χ2n) is 8.53. The Kier molecular flexibility index (Phi) is 8.23. The smallest absolute Gasteiger partial charge is 0.338 e. The molecule has 0 saturated carbocycles. The van der Waals surface area contributed by atoms with Crippen LogP contribution in [0.1, 0.15) is 37.4 Å². The Morgan fingerprint density at radius 2 is 1.37 bits per heavy atom. The van der Waals surface area contributed by atoms with E-state index in [9.17, 15) is 14.7 Å². The van der Waals surface area contributed by atoms with Crippen molar-refractivity contribution in [3.05, 3.63) is 107 Å². The third-order valence-electron chi connectivity index (χ3n) is 5.77. The Morgan fingerprint density at radius 3 is 1.97 bits per heavy atom. The first-order chi connectivity index (χ1) is 16.9. The number of aryl methyl sites for hydroxylation is 2. The fourth-order valence-corrected chi connectivity index (χ4v) is 5.00. The van der Waals surface area contributed by atoms with Gasteiger partial charge in [0.15, 0.2) is 0 Å². The Bertz CT molecular complexity index is 1130. The maximum Gasteiger partial charge on any atom is 0.338 e. The molecule has 1 aliphatic rings. The van der Waals surface area contributed by atoms with Crippen molar-refractivity contribution in [1.29, 1.82) is 0 Å². The molecule has 4 atom stereocenters. The van der Waals surface area contributed by atoms with E-state index in [1.807, 2.05) is 68.4 Å². The van der Waals surface area contributed by atoms with Crippen molar-refractivity contribution < 1.29 is 28.9 Å². The van der Waals surface area contributed by atoms with Crippen LogP contribution in [0.15, 0.2) is 78.9 Å². The van der Waals surface area contributed by atoms with E-state index in [1.54, 1.807) is 24.3 Å². The standard InChI is InChI=1S/C28H28O6S/c1-18-8-12-21(13-9-18)26(29)33-17-23-24(34-27(30)22-14-10-19(2)11-15-22)25(28(31)35-23)32-16-20-6-4-3-5-7-20/h3-15,23-25,28,31H,16-17H2,1-2H3/t23-,24+,25+,28?/m0/s1. The number of hydrogen-bond acceptors (Lipinski definition) is 7. The second kappa shape index (κ2) is 11.5. The van der Waals surface area contributed by atoms with Gasteiger partial charge >= 0.3 is 11.9 Å². The first-order valence-corrected chi connectivity index (χ1v) is 12.4. The normalized spacial score (nSPS) is 21.5. The lowest BCUT2D eigenvalue weighted by Gasteiger charge is -2.25. The average molecular weight is 493 g/mol. The van der Waals surface area contributed by atoms with Crippen molar-refractivity contribution in [1.82, 2.24) is 0 Å². The van der Waals surface area contributed by atoms with Gasteiger partial charge in [0.2, 0.25) is 0 Å². The van der Waals surface area contributed by atoms with Crippen molar-refractivity contribution in [2.75, 3.05) is 6.61 Å². The molecule has 0 aliphatic carbocycles. The molecule has 3 aromatic carbocycles. The number of carbonyl (C=O) groups excluding carboxylic acids is 2. The Morgan fingerprint density at radius 1 is 0.800 bits per heavy atom. The maximum absolute atomic E-state index is 12.9. The van der Waals surface area contributed by atoms with Gasteiger partial charge in [-0.2, -0.15) is 0 Å². The van der Waals surface area contributed by atoms with Gasteiger partial charge in [-0.05, 0) is 43.7 Å². The van der Waals surface area contributed by atoms with Crippen molar-refractivity contribution in [3.8, 4) is 0 Å². The summed E-state index contributed by atoms with van der Waals surface area (Å²) in [5, 5.41) is 10.3. The molecule has 7 heteroatoms. The highest BCUT2D eigenvalue weighted by Crippen LogP contribution is 2.38. The molecule has 1 saturated heterocycles. The van der Waals surface area contributed by atoms with E-state index in [-0.39, 0.29) is 13.2 Å². The molecule has 182 valence electrons. The number of benzene rings is 3. The third-order valence-corrected chi connectivity index (χ3v) is 7.07. The molecule has 35 heavy (non-hydrogen) atoms. The fraction of sp³-hybridized carbons (Fsp3) is 0.286.